The lowest BCUT2D eigenvalue weighted by Gasteiger charge is -2.34. The number of benzene rings is 1. The Hall–Kier alpha value is -1.06. The van der Waals surface area contributed by atoms with Crippen LogP contribution in [0, 0.1) is 0 Å². The highest BCUT2D eigenvalue weighted by Crippen LogP contribution is 2.44. The molecular weight excluding hydrogens is 270 g/mol. The van der Waals surface area contributed by atoms with Crippen LogP contribution in [0.2, 0.25) is 5.02 Å². The smallest absolute Gasteiger partial charge is 0.116 e. The van der Waals surface area contributed by atoms with Crippen molar-refractivity contribution in [1.82, 2.24) is 14.9 Å². The van der Waals surface area contributed by atoms with Crippen molar-refractivity contribution < 1.29 is 0 Å². The monoisotopic (exact) mass is 289 g/mol. The number of halogens is 1. The van der Waals surface area contributed by atoms with Gasteiger partial charge in [0, 0.05) is 11.5 Å². The highest BCUT2D eigenvalue weighted by molar-refractivity contribution is 6.35. The highest BCUT2D eigenvalue weighted by Gasteiger charge is 2.38. The Labute approximate surface area is 124 Å². The molecule has 1 saturated carbocycles. The average Bonchev–Trinajstić information content (AvgIpc) is 3.20. The summed E-state index contributed by atoms with van der Waals surface area (Å²) in [5.74, 6) is 1.25. The van der Waals surface area contributed by atoms with Gasteiger partial charge in [0.15, 0.2) is 0 Å². The molecule has 2 fully saturated rings. The zero-order chi connectivity index (χ0) is 13.7. The number of nitrogens with one attached hydrogen (secondary N) is 1. The summed E-state index contributed by atoms with van der Waals surface area (Å²) in [7, 11) is 0. The van der Waals surface area contributed by atoms with Crippen LogP contribution in [0.1, 0.15) is 44.5 Å². The van der Waals surface area contributed by atoms with Crippen LogP contribution in [0.3, 0.4) is 0 Å². The number of fused-ring (bicyclic) bond motifs is 1. The molecule has 0 atom stereocenters. The maximum Gasteiger partial charge on any atom is 0.116 e. The number of nitrogens with zero attached hydrogens (tertiary/aromatic N) is 2. The Balaban J connectivity index is 1.94. The quantitative estimate of drug-likeness (QED) is 0.914. The normalized spacial score (nSPS) is 22.3. The molecule has 2 aromatic rings. The molecule has 20 heavy (non-hydrogen) atoms. The molecule has 1 aliphatic carbocycles. The van der Waals surface area contributed by atoms with Crippen LogP contribution < -0.4 is 5.32 Å². The zero-order valence-corrected chi connectivity index (χ0v) is 12.6. The van der Waals surface area contributed by atoms with Gasteiger partial charge in [0.1, 0.15) is 5.82 Å². The van der Waals surface area contributed by atoms with Gasteiger partial charge in [0.05, 0.1) is 16.1 Å². The SMILES string of the molecule is CC1(c2nc3cccc(Cl)c3n2C2CC2)CCNCC1. The molecule has 0 amide bonds. The third-order valence-electron chi connectivity index (χ3n) is 4.82. The third-order valence-corrected chi connectivity index (χ3v) is 5.12. The zero-order valence-electron chi connectivity index (χ0n) is 11.8. The van der Waals surface area contributed by atoms with Crippen LogP contribution in [0.15, 0.2) is 18.2 Å². The molecular formula is C16H20ClN3. The van der Waals surface area contributed by atoms with Crippen molar-refractivity contribution in [2.75, 3.05) is 13.1 Å². The van der Waals surface area contributed by atoms with E-state index in [9.17, 15) is 0 Å². The predicted molar refractivity (Wildman–Crippen MR) is 82.5 cm³/mol. The summed E-state index contributed by atoms with van der Waals surface area (Å²) in [5, 5.41) is 4.29. The van der Waals surface area contributed by atoms with Gasteiger partial charge in [0.2, 0.25) is 0 Å². The summed E-state index contributed by atoms with van der Waals surface area (Å²) >= 11 is 6.46. The maximum atomic E-state index is 6.46. The fourth-order valence-electron chi connectivity index (χ4n) is 3.42. The molecule has 1 N–H and O–H groups in total. The van der Waals surface area contributed by atoms with Crippen LogP contribution in [-0.4, -0.2) is 22.6 Å². The average molecular weight is 290 g/mol. The molecule has 4 rings (SSSR count). The van der Waals surface area contributed by atoms with E-state index in [1.54, 1.807) is 0 Å². The standard InChI is InChI=1S/C16H20ClN3/c1-16(7-9-18-10-8-16)15-19-13-4-2-3-12(17)14(13)20(15)11-5-6-11/h2-4,11,18H,5-10H2,1H3. The fourth-order valence-corrected chi connectivity index (χ4v) is 3.68. The number of rotatable bonds is 2. The van der Waals surface area contributed by atoms with Crippen molar-refractivity contribution >= 4 is 22.6 Å². The van der Waals surface area contributed by atoms with Gasteiger partial charge in [0.25, 0.3) is 0 Å². The van der Waals surface area contributed by atoms with Crippen LogP contribution in [0.25, 0.3) is 11.0 Å². The summed E-state index contributed by atoms with van der Waals surface area (Å²) in [6.07, 6.45) is 4.83. The van der Waals surface area contributed by atoms with Crippen molar-refractivity contribution in [3.8, 4) is 0 Å². The topological polar surface area (TPSA) is 29.9 Å². The van der Waals surface area contributed by atoms with Crippen molar-refractivity contribution in [2.45, 2.75) is 44.1 Å². The molecule has 4 heteroatoms. The molecule has 2 heterocycles. The van der Waals surface area contributed by atoms with Gasteiger partial charge in [-0.15, -0.1) is 0 Å². The second-order valence-electron chi connectivity index (χ2n) is 6.45. The number of aromatic nitrogens is 2. The number of piperidine rings is 1. The van der Waals surface area contributed by atoms with Gasteiger partial charge in [-0.25, -0.2) is 4.98 Å². The number of imidazole rings is 1. The Morgan fingerprint density at radius 2 is 2.05 bits per heavy atom. The molecule has 3 nitrogen and oxygen atoms in total. The van der Waals surface area contributed by atoms with Gasteiger partial charge in [-0.3, -0.25) is 0 Å². The first-order valence-corrected chi connectivity index (χ1v) is 7.94. The van der Waals surface area contributed by atoms with Crippen LogP contribution >= 0.6 is 11.6 Å². The predicted octanol–water partition coefficient (Wildman–Crippen LogP) is 3.67. The van der Waals surface area contributed by atoms with Crippen molar-refractivity contribution in [1.29, 1.82) is 0 Å². The minimum Gasteiger partial charge on any atom is -0.323 e. The molecule has 1 aromatic carbocycles. The van der Waals surface area contributed by atoms with E-state index < -0.39 is 0 Å². The maximum absolute atomic E-state index is 6.46. The largest absolute Gasteiger partial charge is 0.323 e. The first kappa shape index (κ1) is 12.7. The van der Waals surface area contributed by atoms with E-state index in [0.29, 0.717) is 6.04 Å². The first-order chi connectivity index (χ1) is 9.69. The molecule has 0 unspecified atom stereocenters. The van der Waals surface area contributed by atoms with Gasteiger partial charge in [-0.05, 0) is 50.9 Å². The van der Waals surface area contributed by atoms with E-state index in [-0.39, 0.29) is 5.41 Å². The first-order valence-electron chi connectivity index (χ1n) is 7.57. The van der Waals surface area contributed by atoms with E-state index in [1.165, 1.54) is 18.7 Å². The molecule has 2 aliphatic rings. The second-order valence-corrected chi connectivity index (χ2v) is 6.86. The number of para-hydroxylation sites is 1. The van der Waals surface area contributed by atoms with E-state index in [1.807, 2.05) is 12.1 Å². The Bertz CT molecular complexity index is 651. The lowest BCUT2D eigenvalue weighted by atomic mass is 9.80. The Morgan fingerprint density at radius 1 is 1.30 bits per heavy atom. The van der Waals surface area contributed by atoms with Crippen LogP contribution in [-0.2, 0) is 5.41 Å². The van der Waals surface area contributed by atoms with Crippen molar-refractivity contribution in [2.24, 2.45) is 0 Å². The van der Waals surface area contributed by atoms with Gasteiger partial charge in [-0.1, -0.05) is 24.6 Å². The van der Waals surface area contributed by atoms with E-state index in [4.69, 9.17) is 16.6 Å². The Kier molecular flexibility index (Phi) is 2.83. The molecule has 0 bridgehead atoms. The number of hydrogen-bond donors (Lipinski definition) is 1. The minimum atomic E-state index is 0.177. The van der Waals surface area contributed by atoms with Crippen molar-refractivity contribution in [3.05, 3.63) is 29.0 Å². The third kappa shape index (κ3) is 1.87. The fraction of sp³-hybridized carbons (Fsp3) is 0.562. The lowest BCUT2D eigenvalue weighted by molar-refractivity contribution is 0.310. The molecule has 0 radical (unpaired) electrons. The molecule has 106 valence electrons. The summed E-state index contributed by atoms with van der Waals surface area (Å²) < 4.78 is 2.45. The van der Waals surface area contributed by atoms with E-state index in [2.05, 4.69) is 22.9 Å². The molecule has 1 saturated heterocycles. The summed E-state index contributed by atoms with van der Waals surface area (Å²) in [6, 6.07) is 6.69. The minimum absolute atomic E-state index is 0.177. The summed E-state index contributed by atoms with van der Waals surface area (Å²) in [5.41, 5.74) is 2.38. The number of hydrogen-bond acceptors (Lipinski definition) is 2. The second kappa shape index (κ2) is 4.47. The lowest BCUT2D eigenvalue weighted by Crippen LogP contribution is -2.39. The van der Waals surface area contributed by atoms with Crippen LogP contribution in [0.4, 0.5) is 0 Å². The van der Waals surface area contributed by atoms with Gasteiger partial charge >= 0.3 is 0 Å². The van der Waals surface area contributed by atoms with Gasteiger partial charge in [-0.2, -0.15) is 0 Å². The van der Waals surface area contributed by atoms with Crippen LogP contribution in [0.5, 0.6) is 0 Å². The van der Waals surface area contributed by atoms with E-state index >= 15 is 0 Å². The summed E-state index contributed by atoms with van der Waals surface area (Å²) in [6.45, 7) is 4.53. The highest BCUT2D eigenvalue weighted by atomic mass is 35.5. The van der Waals surface area contributed by atoms with E-state index in [0.717, 1.165) is 42.0 Å². The molecule has 1 aromatic heterocycles. The molecule has 0 spiro atoms. The summed E-state index contributed by atoms with van der Waals surface area (Å²) in [4.78, 5) is 4.98. The van der Waals surface area contributed by atoms with Crippen molar-refractivity contribution in [3.63, 3.8) is 0 Å². The molecule has 1 aliphatic heterocycles. The Morgan fingerprint density at radius 3 is 2.75 bits per heavy atom. The van der Waals surface area contributed by atoms with Gasteiger partial charge < -0.3 is 9.88 Å².